The monoisotopic (exact) mass is 253 g/mol. The molecule has 0 radical (unpaired) electrons. The third kappa shape index (κ3) is 5.56. The molecule has 0 fully saturated rings. The van der Waals surface area contributed by atoms with E-state index in [2.05, 4.69) is 45.1 Å². The third-order valence-corrected chi connectivity index (χ3v) is 3.12. The van der Waals surface area contributed by atoms with Crippen molar-refractivity contribution in [2.75, 3.05) is 6.54 Å². The van der Waals surface area contributed by atoms with E-state index < -0.39 is 0 Å². The van der Waals surface area contributed by atoms with E-state index in [4.69, 9.17) is 11.6 Å². The molecule has 0 aromatic heterocycles. The Bertz CT molecular complexity index is 341. The Balaban J connectivity index is 2.71. The summed E-state index contributed by atoms with van der Waals surface area (Å²) in [6, 6.07) is 8.59. The van der Waals surface area contributed by atoms with Gasteiger partial charge in [0.15, 0.2) is 0 Å². The highest BCUT2D eigenvalue weighted by molar-refractivity contribution is 6.30. The summed E-state index contributed by atoms with van der Waals surface area (Å²) in [7, 11) is 0. The maximum absolute atomic E-state index is 6.05. The molecule has 0 saturated carbocycles. The van der Waals surface area contributed by atoms with Crippen LogP contribution in [0.3, 0.4) is 0 Å². The number of hydrogen-bond acceptors (Lipinski definition) is 1. The van der Waals surface area contributed by atoms with Crippen LogP contribution in [0, 0.1) is 5.41 Å². The second-order valence-corrected chi connectivity index (χ2v) is 6.20. The molecule has 96 valence electrons. The predicted molar refractivity (Wildman–Crippen MR) is 76.6 cm³/mol. The number of rotatable bonds is 5. The van der Waals surface area contributed by atoms with Gasteiger partial charge in [-0.1, -0.05) is 51.4 Å². The van der Waals surface area contributed by atoms with Crippen LogP contribution in [0.5, 0.6) is 0 Å². The average Bonchev–Trinajstić information content (AvgIpc) is 2.23. The Labute approximate surface area is 111 Å². The quantitative estimate of drug-likeness (QED) is 0.794. The van der Waals surface area contributed by atoms with Gasteiger partial charge in [0.25, 0.3) is 0 Å². The first kappa shape index (κ1) is 14.5. The minimum atomic E-state index is 0.381. The number of benzene rings is 1. The van der Waals surface area contributed by atoms with Crippen molar-refractivity contribution in [3.8, 4) is 0 Å². The summed E-state index contributed by atoms with van der Waals surface area (Å²) in [6.45, 7) is 9.99. The minimum absolute atomic E-state index is 0.381. The Hall–Kier alpha value is -0.530. The average molecular weight is 254 g/mol. The normalized spacial score (nSPS) is 13.7. The molecule has 17 heavy (non-hydrogen) atoms. The Morgan fingerprint density at radius 1 is 1.29 bits per heavy atom. The minimum Gasteiger partial charge on any atom is -0.310 e. The molecule has 1 rings (SSSR count). The van der Waals surface area contributed by atoms with Crippen LogP contribution in [0.2, 0.25) is 5.02 Å². The Morgan fingerprint density at radius 2 is 2.00 bits per heavy atom. The van der Waals surface area contributed by atoms with Crippen LogP contribution in [-0.2, 0) is 0 Å². The second kappa shape index (κ2) is 6.42. The maximum Gasteiger partial charge on any atom is 0.0409 e. The Kier molecular flexibility index (Phi) is 5.48. The molecule has 1 atom stereocenters. The van der Waals surface area contributed by atoms with Crippen molar-refractivity contribution in [2.45, 2.75) is 46.6 Å². The standard InChI is InChI=1S/C15H24ClN/c1-5-17-14(9-10-15(2,3)4)12-7-6-8-13(16)11-12/h6-8,11,14,17H,5,9-10H2,1-4H3. The van der Waals surface area contributed by atoms with Gasteiger partial charge >= 0.3 is 0 Å². The smallest absolute Gasteiger partial charge is 0.0409 e. The molecule has 0 saturated heterocycles. The number of hydrogen-bond donors (Lipinski definition) is 1. The van der Waals surface area contributed by atoms with Gasteiger partial charge in [-0.05, 0) is 42.5 Å². The van der Waals surface area contributed by atoms with Gasteiger partial charge in [-0.3, -0.25) is 0 Å². The topological polar surface area (TPSA) is 12.0 Å². The summed E-state index contributed by atoms with van der Waals surface area (Å²) < 4.78 is 0. The summed E-state index contributed by atoms with van der Waals surface area (Å²) in [6.07, 6.45) is 2.36. The van der Waals surface area contributed by atoms with Gasteiger partial charge in [-0.25, -0.2) is 0 Å². The third-order valence-electron chi connectivity index (χ3n) is 2.88. The lowest BCUT2D eigenvalue weighted by Crippen LogP contribution is -2.22. The van der Waals surface area contributed by atoms with E-state index in [0.717, 1.165) is 18.0 Å². The maximum atomic E-state index is 6.05. The van der Waals surface area contributed by atoms with Crippen LogP contribution in [0.4, 0.5) is 0 Å². The van der Waals surface area contributed by atoms with Gasteiger partial charge in [-0.2, -0.15) is 0 Å². The molecule has 0 heterocycles. The number of nitrogens with one attached hydrogen (secondary N) is 1. The highest BCUT2D eigenvalue weighted by Gasteiger charge is 2.16. The molecule has 0 aliphatic heterocycles. The molecule has 0 spiro atoms. The molecule has 1 aromatic carbocycles. The molecule has 2 heteroatoms. The predicted octanol–water partition coefficient (Wildman–Crippen LogP) is 4.82. The first-order chi connectivity index (χ1) is 7.92. The van der Waals surface area contributed by atoms with E-state index in [1.54, 1.807) is 0 Å². The molecule has 1 nitrogen and oxygen atoms in total. The molecular formula is C15H24ClN. The molecule has 1 N–H and O–H groups in total. The van der Waals surface area contributed by atoms with E-state index in [1.165, 1.54) is 12.0 Å². The zero-order valence-corrected chi connectivity index (χ0v) is 12.1. The van der Waals surface area contributed by atoms with Gasteiger partial charge in [0.05, 0.1) is 0 Å². The van der Waals surface area contributed by atoms with Crippen LogP contribution in [0.1, 0.15) is 52.1 Å². The zero-order valence-electron chi connectivity index (χ0n) is 11.4. The fourth-order valence-corrected chi connectivity index (χ4v) is 2.13. The molecule has 0 aliphatic carbocycles. The highest BCUT2D eigenvalue weighted by Crippen LogP contribution is 2.28. The van der Waals surface area contributed by atoms with Crippen molar-refractivity contribution in [3.63, 3.8) is 0 Å². The largest absolute Gasteiger partial charge is 0.310 e. The lowest BCUT2D eigenvalue weighted by Gasteiger charge is -2.24. The summed E-state index contributed by atoms with van der Waals surface area (Å²) >= 11 is 6.05. The van der Waals surface area contributed by atoms with Gasteiger partial charge in [0.1, 0.15) is 0 Å². The number of halogens is 1. The SMILES string of the molecule is CCNC(CCC(C)(C)C)c1cccc(Cl)c1. The van der Waals surface area contributed by atoms with E-state index in [0.29, 0.717) is 11.5 Å². The first-order valence-corrected chi connectivity index (χ1v) is 6.79. The molecule has 0 bridgehead atoms. The Morgan fingerprint density at radius 3 is 2.53 bits per heavy atom. The van der Waals surface area contributed by atoms with Crippen molar-refractivity contribution in [2.24, 2.45) is 5.41 Å². The zero-order chi connectivity index (χ0) is 12.9. The molecule has 1 aromatic rings. The van der Waals surface area contributed by atoms with Gasteiger partial charge in [0.2, 0.25) is 0 Å². The van der Waals surface area contributed by atoms with Gasteiger partial charge in [0, 0.05) is 11.1 Å². The van der Waals surface area contributed by atoms with E-state index in [-0.39, 0.29) is 0 Å². The van der Waals surface area contributed by atoms with Crippen LogP contribution >= 0.6 is 11.6 Å². The van der Waals surface area contributed by atoms with Crippen LogP contribution in [0.25, 0.3) is 0 Å². The second-order valence-electron chi connectivity index (χ2n) is 5.76. The van der Waals surface area contributed by atoms with Crippen molar-refractivity contribution in [3.05, 3.63) is 34.9 Å². The van der Waals surface area contributed by atoms with Crippen LogP contribution in [-0.4, -0.2) is 6.54 Å². The van der Waals surface area contributed by atoms with Crippen molar-refractivity contribution in [1.82, 2.24) is 5.32 Å². The molecule has 0 amide bonds. The van der Waals surface area contributed by atoms with Crippen LogP contribution in [0.15, 0.2) is 24.3 Å². The molecular weight excluding hydrogens is 230 g/mol. The summed E-state index contributed by atoms with van der Waals surface area (Å²) in [5.41, 5.74) is 1.68. The highest BCUT2D eigenvalue weighted by atomic mass is 35.5. The van der Waals surface area contributed by atoms with Crippen LogP contribution < -0.4 is 5.32 Å². The lowest BCUT2D eigenvalue weighted by molar-refractivity contribution is 0.334. The van der Waals surface area contributed by atoms with E-state index in [1.807, 2.05) is 12.1 Å². The fourth-order valence-electron chi connectivity index (χ4n) is 1.93. The summed E-state index contributed by atoms with van der Waals surface area (Å²) in [5.74, 6) is 0. The molecule has 1 unspecified atom stereocenters. The lowest BCUT2D eigenvalue weighted by atomic mass is 9.87. The van der Waals surface area contributed by atoms with Crippen molar-refractivity contribution >= 4 is 11.6 Å². The van der Waals surface area contributed by atoms with Gasteiger partial charge in [-0.15, -0.1) is 0 Å². The van der Waals surface area contributed by atoms with Crippen molar-refractivity contribution < 1.29 is 0 Å². The molecule has 0 aliphatic rings. The van der Waals surface area contributed by atoms with Gasteiger partial charge < -0.3 is 5.32 Å². The van der Waals surface area contributed by atoms with E-state index >= 15 is 0 Å². The van der Waals surface area contributed by atoms with E-state index in [9.17, 15) is 0 Å². The summed E-state index contributed by atoms with van der Waals surface area (Å²) in [4.78, 5) is 0. The summed E-state index contributed by atoms with van der Waals surface area (Å²) in [5, 5.41) is 4.36. The fraction of sp³-hybridized carbons (Fsp3) is 0.600. The van der Waals surface area contributed by atoms with Crippen molar-refractivity contribution in [1.29, 1.82) is 0 Å². The first-order valence-electron chi connectivity index (χ1n) is 6.41.